The number of nitrogens with one attached hydrogen (secondary N) is 3. The summed E-state index contributed by atoms with van der Waals surface area (Å²) in [4.78, 5) is 12.6. The fraction of sp³-hybridized carbons (Fsp3) is 0.0741. The molecule has 0 aliphatic heterocycles. The first-order chi connectivity index (χ1) is 18.8. The third-order valence-electron chi connectivity index (χ3n) is 5.86. The van der Waals surface area contributed by atoms with Crippen molar-refractivity contribution >= 4 is 77.8 Å². The minimum atomic E-state index is -4.11. The maximum atomic E-state index is 13.0. The highest BCUT2D eigenvalue weighted by Gasteiger charge is 2.21. The van der Waals surface area contributed by atoms with Crippen molar-refractivity contribution in [1.29, 1.82) is 0 Å². The number of benzene rings is 4. The Morgan fingerprint density at radius 2 is 1.35 bits per heavy atom. The van der Waals surface area contributed by atoms with Crippen LogP contribution in [-0.4, -0.2) is 22.7 Å². The van der Waals surface area contributed by atoms with Gasteiger partial charge in [-0.15, -0.1) is 0 Å². The van der Waals surface area contributed by atoms with Crippen LogP contribution < -0.4 is 14.8 Å². The molecule has 40 heavy (non-hydrogen) atoms. The summed E-state index contributed by atoms with van der Waals surface area (Å²) in [5, 5.41) is 2.81. The Labute approximate surface area is 247 Å². The molecule has 0 spiro atoms. The molecule has 0 bridgehead atoms. The molecule has 0 saturated heterocycles. The lowest BCUT2D eigenvalue weighted by Crippen LogP contribution is -2.17. The van der Waals surface area contributed by atoms with E-state index in [9.17, 15) is 21.6 Å². The molecule has 4 aromatic rings. The molecule has 0 aromatic heterocycles. The summed E-state index contributed by atoms with van der Waals surface area (Å²) in [6.45, 7) is 3.77. The molecule has 0 heterocycles. The van der Waals surface area contributed by atoms with Gasteiger partial charge in [0, 0.05) is 16.9 Å². The van der Waals surface area contributed by atoms with Crippen molar-refractivity contribution in [3.05, 3.63) is 111 Å². The molecule has 0 radical (unpaired) electrons. The molecule has 3 N–H and O–H groups in total. The standard InChI is InChI=1S/C27H22Cl3N3O5S2/c1-16-6-8-20(14-17(16)2)32-40(37,38)25-15-18(7-13-22(25)28)27(34)31-19-9-11-21(12-10-19)39(35,36)33-24-5-3-4-23(29)26(24)30/h3-15,32-33H,1-2H3,(H,31,34). The Kier molecular flexibility index (Phi) is 8.67. The fourth-order valence-corrected chi connectivity index (χ4v) is 6.62. The van der Waals surface area contributed by atoms with Crippen LogP contribution in [0.4, 0.5) is 17.1 Å². The lowest BCUT2D eigenvalue weighted by Gasteiger charge is -2.13. The van der Waals surface area contributed by atoms with E-state index in [0.29, 0.717) is 5.69 Å². The van der Waals surface area contributed by atoms with Gasteiger partial charge < -0.3 is 5.32 Å². The number of carbonyl (C=O) groups is 1. The van der Waals surface area contributed by atoms with Crippen LogP contribution in [0.1, 0.15) is 21.5 Å². The Hall–Kier alpha value is -3.28. The number of amides is 1. The van der Waals surface area contributed by atoms with E-state index in [1.54, 1.807) is 24.3 Å². The molecule has 0 atom stereocenters. The quantitative estimate of drug-likeness (QED) is 0.190. The number of anilines is 3. The van der Waals surface area contributed by atoms with E-state index in [1.807, 2.05) is 13.8 Å². The summed E-state index contributed by atoms with van der Waals surface area (Å²) >= 11 is 18.2. The zero-order valence-electron chi connectivity index (χ0n) is 21.0. The Morgan fingerprint density at radius 3 is 2.02 bits per heavy atom. The zero-order chi connectivity index (χ0) is 29.2. The molecule has 0 aliphatic rings. The molecule has 4 rings (SSSR count). The zero-order valence-corrected chi connectivity index (χ0v) is 24.9. The van der Waals surface area contributed by atoms with E-state index in [1.165, 1.54) is 54.6 Å². The second-order valence-electron chi connectivity index (χ2n) is 8.74. The molecule has 0 aliphatic carbocycles. The lowest BCUT2D eigenvalue weighted by atomic mass is 10.1. The van der Waals surface area contributed by atoms with E-state index in [4.69, 9.17) is 34.8 Å². The maximum Gasteiger partial charge on any atom is 0.263 e. The van der Waals surface area contributed by atoms with Crippen LogP contribution in [0.2, 0.25) is 15.1 Å². The highest BCUT2D eigenvalue weighted by atomic mass is 35.5. The number of aryl methyl sites for hydroxylation is 2. The van der Waals surface area contributed by atoms with Crippen molar-refractivity contribution in [2.75, 3.05) is 14.8 Å². The minimum absolute atomic E-state index is 0.0267. The minimum Gasteiger partial charge on any atom is -0.322 e. The Balaban J connectivity index is 1.51. The first kappa shape index (κ1) is 29.7. The maximum absolute atomic E-state index is 13.0. The smallest absolute Gasteiger partial charge is 0.263 e. The van der Waals surface area contributed by atoms with E-state index in [0.717, 1.165) is 11.1 Å². The molecule has 0 saturated carbocycles. The SMILES string of the molecule is Cc1ccc(NS(=O)(=O)c2cc(C(=O)Nc3ccc(S(=O)(=O)Nc4cccc(Cl)c4Cl)cc3)ccc2Cl)cc1C. The first-order valence-electron chi connectivity index (χ1n) is 11.5. The second-order valence-corrected chi connectivity index (χ2v) is 13.3. The van der Waals surface area contributed by atoms with Crippen molar-refractivity contribution in [2.45, 2.75) is 23.6 Å². The van der Waals surface area contributed by atoms with Crippen LogP contribution in [0.25, 0.3) is 0 Å². The van der Waals surface area contributed by atoms with Gasteiger partial charge >= 0.3 is 0 Å². The van der Waals surface area contributed by atoms with Gasteiger partial charge in [-0.2, -0.15) is 0 Å². The van der Waals surface area contributed by atoms with Gasteiger partial charge in [0.25, 0.3) is 26.0 Å². The molecule has 0 unspecified atom stereocenters. The topological polar surface area (TPSA) is 121 Å². The van der Waals surface area contributed by atoms with Crippen molar-refractivity contribution in [3.63, 3.8) is 0 Å². The van der Waals surface area contributed by atoms with Crippen LogP contribution in [0, 0.1) is 13.8 Å². The number of halogens is 3. The number of carbonyl (C=O) groups excluding carboxylic acids is 1. The summed E-state index contributed by atoms with van der Waals surface area (Å²) in [7, 11) is -8.11. The van der Waals surface area contributed by atoms with Gasteiger partial charge in [-0.25, -0.2) is 16.8 Å². The summed E-state index contributed by atoms with van der Waals surface area (Å²) in [6, 6.07) is 18.9. The van der Waals surface area contributed by atoms with Crippen LogP contribution in [0.3, 0.4) is 0 Å². The third-order valence-corrected chi connectivity index (χ3v) is 9.92. The number of hydrogen-bond donors (Lipinski definition) is 3. The third kappa shape index (κ3) is 6.71. The van der Waals surface area contributed by atoms with Gasteiger partial charge in [0.05, 0.1) is 25.7 Å². The van der Waals surface area contributed by atoms with Crippen molar-refractivity contribution < 1.29 is 21.6 Å². The van der Waals surface area contributed by atoms with Gasteiger partial charge in [0.2, 0.25) is 0 Å². The normalized spacial score (nSPS) is 11.6. The molecule has 1 amide bonds. The van der Waals surface area contributed by atoms with Gasteiger partial charge in [-0.3, -0.25) is 14.2 Å². The van der Waals surface area contributed by atoms with Gasteiger partial charge in [0.1, 0.15) is 4.90 Å². The van der Waals surface area contributed by atoms with Crippen molar-refractivity contribution in [3.8, 4) is 0 Å². The summed E-state index contributed by atoms with van der Waals surface area (Å²) in [6.07, 6.45) is 0. The van der Waals surface area contributed by atoms with Crippen molar-refractivity contribution in [2.24, 2.45) is 0 Å². The van der Waals surface area contributed by atoms with Crippen molar-refractivity contribution in [1.82, 2.24) is 0 Å². The van der Waals surface area contributed by atoms with E-state index < -0.39 is 26.0 Å². The predicted molar refractivity (Wildman–Crippen MR) is 160 cm³/mol. The Morgan fingerprint density at radius 1 is 0.675 bits per heavy atom. The van der Waals surface area contributed by atoms with Gasteiger partial charge in [-0.05, 0) is 91.7 Å². The second kappa shape index (κ2) is 11.7. The predicted octanol–water partition coefficient (Wildman–Crippen LogP) is 7.12. The monoisotopic (exact) mass is 637 g/mol. The molecule has 13 heteroatoms. The van der Waals surface area contributed by atoms with E-state index in [2.05, 4.69) is 14.8 Å². The number of sulfonamides is 2. The number of hydrogen-bond acceptors (Lipinski definition) is 5. The van der Waals surface area contributed by atoms with Crippen LogP contribution in [0.15, 0.2) is 88.7 Å². The summed E-state index contributed by atoms with van der Waals surface area (Å²) in [5.74, 6) is -0.626. The molecule has 4 aromatic carbocycles. The highest BCUT2D eigenvalue weighted by Crippen LogP contribution is 2.31. The van der Waals surface area contributed by atoms with Crippen LogP contribution >= 0.6 is 34.8 Å². The molecular formula is C27H22Cl3N3O5S2. The van der Waals surface area contributed by atoms with E-state index >= 15 is 0 Å². The van der Waals surface area contributed by atoms with Gasteiger partial charge in [-0.1, -0.05) is 46.9 Å². The molecular weight excluding hydrogens is 617 g/mol. The fourth-order valence-electron chi connectivity index (χ4n) is 3.57. The Bertz CT molecular complexity index is 1830. The molecule has 8 nitrogen and oxygen atoms in total. The largest absolute Gasteiger partial charge is 0.322 e. The summed E-state index contributed by atoms with van der Waals surface area (Å²) in [5.41, 5.74) is 2.69. The molecule has 208 valence electrons. The van der Waals surface area contributed by atoms with E-state index in [-0.39, 0.29) is 41.8 Å². The highest BCUT2D eigenvalue weighted by molar-refractivity contribution is 7.93. The summed E-state index contributed by atoms with van der Waals surface area (Å²) < 4.78 is 56.5. The average molecular weight is 639 g/mol. The van der Waals surface area contributed by atoms with Gasteiger partial charge in [0.15, 0.2) is 0 Å². The average Bonchev–Trinajstić information content (AvgIpc) is 2.89. The van der Waals surface area contributed by atoms with Crippen LogP contribution in [-0.2, 0) is 20.0 Å². The lowest BCUT2D eigenvalue weighted by molar-refractivity contribution is 0.102. The first-order valence-corrected chi connectivity index (χ1v) is 15.6. The van der Waals surface area contributed by atoms with Crippen LogP contribution in [0.5, 0.6) is 0 Å². The number of rotatable bonds is 8. The molecule has 0 fully saturated rings.